The monoisotopic (exact) mass is 534 g/mol. The van der Waals surface area contributed by atoms with Crippen molar-refractivity contribution < 1.29 is 0 Å². The van der Waals surface area contributed by atoms with Gasteiger partial charge in [-0.3, -0.25) is 0 Å². The molecule has 0 saturated carbocycles. The van der Waals surface area contributed by atoms with Crippen LogP contribution in [0.15, 0.2) is 12.1 Å². The van der Waals surface area contributed by atoms with Crippen LogP contribution in [0.5, 0.6) is 0 Å². The summed E-state index contributed by atoms with van der Waals surface area (Å²) in [6, 6.07) is 4.96. The van der Waals surface area contributed by atoms with Crippen molar-refractivity contribution in [2.24, 2.45) is 0 Å². The first-order valence-electron chi connectivity index (χ1n) is 15.9. The Kier molecular flexibility index (Phi) is 23.8. The molecule has 1 aromatic carbocycles. The quantitative estimate of drug-likeness (QED) is 0.108. The minimum Gasteiger partial charge on any atom is -0.157 e. The van der Waals surface area contributed by atoms with E-state index in [1.54, 1.807) is 11.1 Å². The van der Waals surface area contributed by atoms with Crippen LogP contribution in [-0.4, -0.2) is 11.5 Å². The predicted molar refractivity (Wildman–Crippen MR) is 172 cm³/mol. The first-order chi connectivity index (χ1) is 17.7. The molecule has 0 aliphatic heterocycles. The Bertz CT molecular complexity index is 609. The van der Waals surface area contributed by atoms with Crippen molar-refractivity contribution in [2.45, 2.75) is 168 Å². The zero-order valence-corrected chi connectivity index (χ0v) is 26.6. The number of hydrogen-bond acceptors (Lipinski definition) is 2. The number of benzene rings is 1. The third-order valence-electron chi connectivity index (χ3n) is 7.65. The molecule has 0 atom stereocenters. The summed E-state index contributed by atoms with van der Waals surface area (Å²) >= 11 is 4.30. The van der Waals surface area contributed by atoms with E-state index in [9.17, 15) is 0 Å². The van der Waals surface area contributed by atoms with Gasteiger partial charge in [0.25, 0.3) is 0 Å². The molecule has 0 unspecified atom stereocenters. The van der Waals surface area contributed by atoms with Crippen LogP contribution in [0.2, 0.25) is 0 Å². The lowest BCUT2D eigenvalue weighted by Crippen LogP contribution is -1.95. The Hall–Kier alpha value is -0.0800. The molecular formula is C34H62S2. The summed E-state index contributed by atoms with van der Waals surface area (Å²) in [7, 11) is 0. The summed E-state index contributed by atoms with van der Waals surface area (Å²) in [5.41, 5.74) is 6.14. The van der Waals surface area contributed by atoms with Gasteiger partial charge in [0.15, 0.2) is 0 Å². The molecule has 0 spiro atoms. The van der Waals surface area contributed by atoms with Crippen molar-refractivity contribution in [3.05, 3.63) is 34.4 Å². The second-order valence-corrected chi connectivity index (χ2v) is 13.4. The van der Waals surface area contributed by atoms with Crippen LogP contribution in [0.4, 0.5) is 0 Å². The minimum atomic E-state index is 1.19. The average molecular weight is 535 g/mol. The Morgan fingerprint density at radius 1 is 0.472 bits per heavy atom. The van der Waals surface area contributed by atoms with Gasteiger partial charge in [-0.2, -0.15) is 23.5 Å². The first kappa shape index (κ1) is 33.9. The fourth-order valence-corrected chi connectivity index (χ4v) is 7.03. The van der Waals surface area contributed by atoms with Gasteiger partial charge in [-0.1, -0.05) is 142 Å². The number of hydrogen-bond donors (Lipinski definition) is 0. The van der Waals surface area contributed by atoms with E-state index in [1.807, 2.05) is 0 Å². The van der Waals surface area contributed by atoms with Crippen LogP contribution in [-0.2, 0) is 11.5 Å². The van der Waals surface area contributed by atoms with Crippen LogP contribution < -0.4 is 0 Å². The van der Waals surface area contributed by atoms with Crippen molar-refractivity contribution in [3.63, 3.8) is 0 Å². The highest BCUT2D eigenvalue weighted by atomic mass is 32.2. The highest BCUT2D eigenvalue weighted by Crippen LogP contribution is 2.25. The summed E-state index contributed by atoms with van der Waals surface area (Å²) in [6.07, 6.45) is 28.7. The summed E-state index contributed by atoms with van der Waals surface area (Å²) < 4.78 is 0. The molecule has 0 aliphatic carbocycles. The van der Waals surface area contributed by atoms with Gasteiger partial charge < -0.3 is 0 Å². The summed E-state index contributed by atoms with van der Waals surface area (Å²) in [6.45, 7) is 9.24. The van der Waals surface area contributed by atoms with Crippen molar-refractivity contribution in [1.29, 1.82) is 0 Å². The highest BCUT2D eigenvalue weighted by Gasteiger charge is 2.06. The van der Waals surface area contributed by atoms with Gasteiger partial charge in [0.05, 0.1) is 0 Å². The highest BCUT2D eigenvalue weighted by molar-refractivity contribution is 7.98. The molecular weight excluding hydrogens is 473 g/mol. The average Bonchev–Trinajstić information content (AvgIpc) is 2.88. The molecule has 1 aromatic rings. The van der Waals surface area contributed by atoms with Gasteiger partial charge >= 0.3 is 0 Å². The van der Waals surface area contributed by atoms with Crippen molar-refractivity contribution in [2.75, 3.05) is 11.5 Å². The van der Waals surface area contributed by atoms with Gasteiger partial charge in [-0.25, -0.2) is 0 Å². The number of aryl methyl sites for hydroxylation is 1. The summed E-state index contributed by atoms with van der Waals surface area (Å²) in [5, 5.41) is 0. The molecule has 0 heterocycles. The molecule has 0 aromatic heterocycles. The van der Waals surface area contributed by atoms with Crippen LogP contribution >= 0.6 is 23.5 Å². The van der Waals surface area contributed by atoms with Gasteiger partial charge in [0.2, 0.25) is 0 Å². The molecule has 0 nitrogen and oxygen atoms in total. The molecule has 0 radical (unpaired) electrons. The maximum atomic E-state index is 2.51. The van der Waals surface area contributed by atoms with Crippen molar-refractivity contribution in [3.8, 4) is 0 Å². The molecule has 1 rings (SSSR count). The van der Waals surface area contributed by atoms with E-state index in [1.165, 1.54) is 163 Å². The molecule has 2 heteroatoms. The summed E-state index contributed by atoms with van der Waals surface area (Å²) in [4.78, 5) is 0. The lowest BCUT2D eigenvalue weighted by molar-refractivity contribution is 0.563. The third kappa shape index (κ3) is 19.1. The topological polar surface area (TPSA) is 0 Å². The van der Waals surface area contributed by atoms with Crippen LogP contribution in [0.3, 0.4) is 0 Å². The maximum Gasteiger partial charge on any atom is 0.0187 e. The molecule has 0 saturated heterocycles. The lowest BCUT2D eigenvalue weighted by atomic mass is 10.0. The number of thioether (sulfide) groups is 2. The van der Waals surface area contributed by atoms with E-state index < -0.39 is 0 Å². The third-order valence-corrected chi connectivity index (χ3v) is 9.85. The Labute approximate surface area is 236 Å². The van der Waals surface area contributed by atoms with Crippen molar-refractivity contribution in [1.82, 2.24) is 0 Å². The normalized spacial score (nSPS) is 11.4. The minimum absolute atomic E-state index is 1.19. The Morgan fingerprint density at radius 2 is 0.861 bits per heavy atom. The number of rotatable bonds is 26. The molecule has 0 N–H and O–H groups in total. The van der Waals surface area contributed by atoms with Gasteiger partial charge in [-0.15, -0.1) is 0 Å². The predicted octanol–water partition coefficient (Wildman–Crippen LogP) is 12.6. The standard InChI is InChI=1S/C34H62S2/c1-5-7-9-11-13-15-17-19-21-23-25-35-29-33-27-31(3)32(4)34(28-33)30-36-26-24-22-20-18-16-14-12-10-8-6-2/h27-28H,5-26,29-30H2,1-4H3. The molecule has 0 fully saturated rings. The first-order valence-corrected chi connectivity index (χ1v) is 18.2. The maximum absolute atomic E-state index is 2.51. The largest absolute Gasteiger partial charge is 0.157 e. The number of unbranched alkanes of at least 4 members (excludes halogenated alkanes) is 18. The smallest absolute Gasteiger partial charge is 0.0187 e. The molecule has 36 heavy (non-hydrogen) atoms. The van der Waals surface area contributed by atoms with Crippen LogP contribution in [0.1, 0.15) is 165 Å². The van der Waals surface area contributed by atoms with Crippen LogP contribution in [0, 0.1) is 13.8 Å². The zero-order chi connectivity index (χ0) is 26.1. The SMILES string of the molecule is CCCCCCCCCCCCSCc1cc(C)c(C)c(CSCCCCCCCCCCCC)c1. The van der Waals surface area contributed by atoms with E-state index in [4.69, 9.17) is 0 Å². The fourth-order valence-electron chi connectivity index (χ4n) is 5.00. The summed E-state index contributed by atoms with van der Waals surface area (Å²) in [5.74, 6) is 5.04. The van der Waals surface area contributed by atoms with Crippen LogP contribution in [0.25, 0.3) is 0 Å². The second kappa shape index (κ2) is 25.2. The van der Waals surface area contributed by atoms with Gasteiger partial charge in [0.1, 0.15) is 0 Å². The Morgan fingerprint density at radius 3 is 1.31 bits per heavy atom. The van der Waals surface area contributed by atoms with E-state index in [0.29, 0.717) is 0 Å². The lowest BCUT2D eigenvalue weighted by Gasteiger charge is -2.12. The van der Waals surface area contributed by atoms with E-state index in [-0.39, 0.29) is 0 Å². The fraction of sp³-hybridized carbons (Fsp3) is 0.824. The molecule has 0 bridgehead atoms. The van der Waals surface area contributed by atoms with E-state index in [0.717, 1.165) is 0 Å². The van der Waals surface area contributed by atoms with Gasteiger partial charge in [0, 0.05) is 11.5 Å². The molecule has 0 aliphatic rings. The second-order valence-electron chi connectivity index (χ2n) is 11.2. The van der Waals surface area contributed by atoms with E-state index in [2.05, 4.69) is 63.4 Å². The van der Waals surface area contributed by atoms with Gasteiger partial charge in [-0.05, 0) is 60.4 Å². The zero-order valence-electron chi connectivity index (χ0n) is 24.9. The van der Waals surface area contributed by atoms with Crippen molar-refractivity contribution >= 4 is 23.5 Å². The van der Waals surface area contributed by atoms with E-state index >= 15 is 0 Å². The Balaban J connectivity index is 2.08. The molecule has 0 amide bonds. The molecule has 210 valence electrons.